The molecule has 0 aliphatic heterocycles. The molecule has 0 bridgehead atoms. The van der Waals surface area contributed by atoms with Crippen molar-refractivity contribution in [3.8, 4) is 11.6 Å². The maximum atomic E-state index is 11.8. The maximum Gasteiger partial charge on any atom is 0.295 e. The molecule has 82 valence electrons. The number of nitrogens with zero attached hydrogens (tertiary/aromatic N) is 3. The molecule has 16 heavy (non-hydrogen) atoms. The number of hydrogen-bond donors (Lipinski definition) is 0. The highest BCUT2D eigenvalue weighted by Gasteiger charge is 2.10. The van der Waals surface area contributed by atoms with Crippen molar-refractivity contribution in [2.24, 2.45) is 0 Å². The first kappa shape index (κ1) is 10.6. The highest BCUT2D eigenvalue weighted by Crippen LogP contribution is 2.17. The van der Waals surface area contributed by atoms with Gasteiger partial charge in [-0.3, -0.25) is 4.79 Å². The minimum absolute atomic E-state index is 0.0110. The largest absolute Gasteiger partial charge is 0.493 e. The van der Waals surface area contributed by atoms with Gasteiger partial charge < -0.3 is 4.74 Å². The van der Waals surface area contributed by atoms with Crippen molar-refractivity contribution < 1.29 is 4.74 Å². The fourth-order valence-corrected chi connectivity index (χ4v) is 1.41. The molecule has 2 aromatic heterocycles. The third kappa shape index (κ3) is 1.77. The number of aromatic nitrogens is 3. The van der Waals surface area contributed by atoms with Gasteiger partial charge in [-0.05, 0) is 12.1 Å². The average Bonchev–Trinajstić information content (AvgIpc) is 2.34. The van der Waals surface area contributed by atoms with Crippen LogP contribution >= 0.6 is 11.6 Å². The topological polar surface area (TPSA) is 57.0 Å². The Hall–Kier alpha value is -1.88. The molecule has 6 heteroatoms. The maximum absolute atomic E-state index is 11.8. The summed E-state index contributed by atoms with van der Waals surface area (Å²) in [5, 5.41) is 3.90. The van der Waals surface area contributed by atoms with Crippen LogP contribution in [0.5, 0.6) is 5.75 Å². The van der Waals surface area contributed by atoms with Gasteiger partial charge in [0.2, 0.25) is 0 Å². The standard InChI is InChI=1S/C10H8ClN3O2/c1-16-7-6-13-14(10(15)9(7)11)8-4-2-3-5-12-8/h2-6H,1H3. The summed E-state index contributed by atoms with van der Waals surface area (Å²) < 4.78 is 6.00. The zero-order valence-corrected chi connectivity index (χ0v) is 9.18. The molecular weight excluding hydrogens is 230 g/mol. The summed E-state index contributed by atoms with van der Waals surface area (Å²) in [5.41, 5.74) is -0.459. The van der Waals surface area contributed by atoms with Gasteiger partial charge in [0.1, 0.15) is 0 Å². The number of methoxy groups -OCH3 is 1. The van der Waals surface area contributed by atoms with Crippen molar-refractivity contribution in [3.63, 3.8) is 0 Å². The third-order valence-electron chi connectivity index (χ3n) is 1.97. The van der Waals surface area contributed by atoms with Gasteiger partial charge in [-0.15, -0.1) is 0 Å². The molecule has 0 aromatic carbocycles. The predicted molar refractivity (Wildman–Crippen MR) is 59.2 cm³/mol. The number of halogens is 1. The fourth-order valence-electron chi connectivity index (χ4n) is 1.20. The molecule has 2 rings (SSSR count). The Bertz CT molecular complexity index is 554. The van der Waals surface area contributed by atoms with Crippen LogP contribution < -0.4 is 10.3 Å². The van der Waals surface area contributed by atoms with Crippen LogP contribution in [0.4, 0.5) is 0 Å². The lowest BCUT2D eigenvalue weighted by molar-refractivity contribution is 0.409. The van der Waals surface area contributed by atoms with E-state index in [4.69, 9.17) is 16.3 Å². The van der Waals surface area contributed by atoms with E-state index in [-0.39, 0.29) is 10.8 Å². The zero-order valence-electron chi connectivity index (χ0n) is 8.42. The highest BCUT2D eigenvalue weighted by molar-refractivity contribution is 6.31. The van der Waals surface area contributed by atoms with Gasteiger partial charge >= 0.3 is 0 Å². The number of ether oxygens (including phenoxy) is 1. The molecule has 0 aliphatic rings. The van der Waals surface area contributed by atoms with E-state index in [9.17, 15) is 4.79 Å². The Labute approximate surface area is 96.3 Å². The normalized spacial score (nSPS) is 10.1. The van der Waals surface area contributed by atoms with Crippen LogP contribution in [0.1, 0.15) is 0 Å². The Morgan fingerprint density at radius 1 is 1.44 bits per heavy atom. The van der Waals surface area contributed by atoms with E-state index in [0.29, 0.717) is 5.82 Å². The Morgan fingerprint density at radius 3 is 2.88 bits per heavy atom. The summed E-state index contributed by atoms with van der Waals surface area (Å²) in [4.78, 5) is 15.8. The van der Waals surface area contributed by atoms with E-state index in [1.165, 1.54) is 13.3 Å². The van der Waals surface area contributed by atoms with Gasteiger partial charge in [-0.2, -0.15) is 9.78 Å². The second-order valence-electron chi connectivity index (χ2n) is 2.93. The summed E-state index contributed by atoms with van der Waals surface area (Å²) in [6.07, 6.45) is 2.94. The summed E-state index contributed by atoms with van der Waals surface area (Å²) in [6, 6.07) is 5.17. The number of rotatable bonds is 2. The Kier molecular flexibility index (Phi) is 2.87. The predicted octanol–water partition coefficient (Wildman–Crippen LogP) is 1.29. The molecule has 2 aromatic rings. The molecule has 0 N–H and O–H groups in total. The second-order valence-corrected chi connectivity index (χ2v) is 3.31. The molecule has 5 nitrogen and oxygen atoms in total. The lowest BCUT2D eigenvalue weighted by atomic mass is 10.4. The second kappa shape index (κ2) is 4.32. The first-order chi connectivity index (χ1) is 7.74. The number of hydrogen-bond acceptors (Lipinski definition) is 4. The van der Waals surface area contributed by atoms with Crippen molar-refractivity contribution in [3.05, 3.63) is 46.0 Å². The van der Waals surface area contributed by atoms with E-state index < -0.39 is 5.56 Å². The van der Waals surface area contributed by atoms with Crippen molar-refractivity contribution >= 4 is 11.6 Å². The summed E-state index contributed by atoms with van der Waals surface area (Å²) in [5.74, 6) is 0.663. The average molecular weight is 238 g/mol. The number of pyridine rings is 1. The van der Waals surface area contributed by atoms with Crippen LogP contribution in [-0.4, -0.2) is 21.9 Å². The lowest BCUT2D eigenvalue weighted by Crippen LogP contribution is -2.22. The SMILES string of the molecule is COc1cnn(-c2ccccn2)c(=O)c1Cl. The fraction of sp³-hybridized carbons (Fsp3) is 0.100. The molecule has 0 saturated carbocycles. The zero-order chi connectivity index (χ0) is 11.5. The molecule has 0 saturated heterocycles. The van der Waals surface area contributed by atoms with Crippen LogP contribution in [0.2, 0.25) is 5.02 Å². The molecule has 0 fully saturated rings. The molecule has 2 heterocycles. The molecule has 0 spiro atoms. The highest BCUT2D eigenvalue weighted by atomic mass is 35.5. The van der Waals surface area contributed by atoms with Crippen molar-refractivity contribution in [2.75, 3.05) is 7.11 Å². The molecule has 0 radical (unpaired) electrons. The van der Waals surface area contributed by atoms with E-state index in [2.05, 4.69) is 10.1 Å². The van der Waals surface area contributed by atoms with E-state index in [0.717, 1.165) is 4.68 Å². The minimum Gasteiger partial charge on any atom is -0.493 e. The van der Waals surface area contributed by atoms with Crippen LogP contribution in [0.15, 0.2) is 35.4 Å². The van der Waals surface area contributed by atoms with Gasteiger partial charge in [0.05, 0.1) is 13.3 Å². The molecular formula is C10H8ClN3O2. The van der Waals surface area contributed by atoms with Crippen molar-refractivity contribution in [1.29, 1.82) is 0 Å². The minimum atomic E-state index is -0.459. The van der Waals surface area contributed by atoms with Crippen LogP contribution in [0.3, 0.4) is 0 Å². The quantitative estimate of drug-likeness (QED) is 0.790. The summed E-state index contributed by atoms with van der Waals surface area (Å²) >= 11 is 5.82. The van der Waals surface area contributed by atoms with Gasteiger partial charge in [0.25, 0.3) is 5.56 Å². The Morgan fingerprint density at radius 2 is 2.25 bits per heavy atom. The Balaban J connectivity index is 2.61. The van der Waals surface area contributed by atoms with Crippen LogP contribution in [-0.2, 0) is 0 Å². The van der Waals surface area contributed by atoms with Crippen LogP contribution in [0, 0.1) is 0 Å². The van der Waals surface area contributed by atoms with Crippen LogP contribution in [0.25, 0.3) is 5.82 Å². The van der Waals surface area contributed by atoms with Gasteiger partial charge in [0, 0.05) is 6.20 Å². The monoisotopic (exact) mass is 237 g/mol. The lowest BCUT2D eigenvalue weighted by Gasteiger charge is -2.05. The van der Waals surface area contributed by atoms with Gasteiger partial charge in [-0.25, -0.2) is 4.98 Å². The van der Waals surface area contributed by atoms with Gasteiger partial charge in [-0.1, -0.05) is 17.7 Å². The van der Waals surface area contributed by atoms with Gasteiger partial charge in [0.15, 0.2) is 16.6 Å². The molecule has 0 amide bonds. The van der Waals surface area contributed by atoms with E-state index in [1.54, 1.807) is 24.4 Å². The van der Waals surface area contributed by atoms with Crippen molar-refractivity contribution in [2.45, 2.75) is 0 Å². The third-order valence-corrected chi connectivity index (χ3v) is 2.32. The van der Waals surface area contributed by atoms with E-state index >= 15 is 0 Å². The summed E-state index contributed by atoms with van der Waals surface area (Å²) in [7, 11) is 1.42. The molecule has 0 aliphatic carbocycles. The van der Waals surface area contributed by atoms with E-state index in [1.807, 2.05) is 0 Å². The molecule has 0 atom stereocenters. The first-order valence-electron chi connectivity index (χ1n) is 4.47. The molecule has 0 unspecified atom stereocenters. The summed E-state index contributed by atoms with van der Waals surface area (Å²) in [6.45, 7) is 0. The first-order valence-corrected chi connectivity index (χ1v) is 4.85. The van der Waals surface area contributed by atoms with Crippen molar-refractivity contribution in [1.82, 2.24) is 14.8 Å². The smallest absolute Gasteiger partial charge is 0.295 e.